The van der Waals surface area contributed by atoms with Gasteiger partial charge < -0.3 is 9.80 Å². The molecule has 1 amide bonds. The Labute approximate surface area is 143 Å². The summed E-state index contributed by atoms with van der Waals surface area (Å²) in [5.41, 5.74) is -0.293. The minimum Gasteiger partial charge on any atom is -0.343 e. The second kappa shape index (κ2) is 6.75. The number of hydrogen-bond acceptors (Lipinski definition) is 5. The third kappa shape index (κ3) is 3.84. The number of hydrogen-bond donors (Lipinski definition) is 0. The van der Waals surface area contributed by atoms with E-state index in [2.05, 4.69) is 15.1 Å². The summed E-state index contributed by atoms with van der Waals surface area (Å²) in [4.78, 5) is 16.6. The number of carbonyl (C=O) groups excluding carboxylic acids is 1. The Hall–Kier alpha value is -1.17. The summed E-state index contributed by atoms with van der Waals surface area (Å²) in [6, 6.07) is 0. The van der Waals surface area contributed by atoms with Crippen LogP contribution in [0.25, 0.3) is 0 Å². The average molecular weight is 337 g/mol. The van der Waals surface area contributed by atoms with Crippen molar-refractivity contribution in [1.29, 1.82) is 0 Å². The molecule has 0 radical (unpaired) electrons. The van der Waals surface area contributed by atoms with Gasteiger partial charge in [-0.1, -0.05) is 51.4 Å². The van der Waals surface area contributed by atoms with Crippen LogP contribution in [-0.2, 0) is 4.79 Å². The van der Waals surface area contributed by atoms with Gasteiger partial charge in [0, 0.05) is 37.5 Å². The van der Waals surface area contributed by atoms with E-state index < -0.39 is 0 Å². The molecule has 1 aromatic rings. The van der Waals surface area contributed by atoms with E-state index in [-0.39, 0.29) is 11.3 Å². The lowest BCUT2D eigenvalue weighted by molar-refractivity contribution is -0.139. The summed E-state index contributed by atoms with van der Waals surface area (Å²) < 4.78 is 0. The van der Waals surface area contributed by atoms with Crippen molar-refractivity contribution >= 4 is 22.4 Å². The highest BCUT2D eigenvalue weighted by atomic mass is 32.1. The highest BCUT2D eigenvalue weighted by Crippen LogP contribution is 2.36. The fraction of sp³-hybridized carbons (Fsp3) is 0.824. The van der Waals surface area contributed by atoms with E-state index in [0.717, 1.165) is 31.3 Å². The van der Waals surface area contributed by atoms with Gasteiger partial charge in [0.1, 0.15) is 5.01 Å². The lowest BCUT2D eigenvalue weighted by Crippen LogP contribution is -2.51. The normalized spacial score (nSPS) is 20.8. The highest BCUT2D eigenvalue weighted by molar-refractivity contribution is 7.15. The van der Waals surface area contributed by atoms with E-state index in [1.807, 2.05) is 25.7 Å². The van der Waals surface area contributed by atoms with Crippen molar-refractivity contribution in [3.05, 3.63) is 5.01 Å². The zero-order chi connectivity index (χ0) is 16.4. The zero-order valence-corrected chi connectivity index (χ0v) is 15.4. The molecule has 0 N–H and O–H groups in total. The molecule has 1 saturated heterocycles. The molecule has 128 valence electrons. The lowest BCUT2D eigenvalue weighted by atomic mass is 9.90. The Morgan fingerprint density at radius 3 is 2.30 bits per heavy atom. The van der Waals surface area contributed by atoms with Gasteiger partial charge in [-0.2, -0.15) is 0 Å². The number of nitrogens with zero attached hydrogens (tertiary/aromatic N) is 4. The van der Waals surface area contributed by atoms with Crippen LogP contribution in [0, 0.1) is 5.41 Å². The number of amides is 1. The van der Waals surface area contributed by atoms with Crippen LogP contribution in [0.2, 0.25) is 0 Å². The van der Waals surface area contributed by atoms with Crippen LogP contribution in [0.5, 0.6) is 0 Å². The minimum absolute atomic E-state index is 0.248. The molecule has 5 nitrogen and oxygen atoms in total. The van der Waals surface area contributed by atoms with Gasteiger partial charge in [-0.15, -0.1) is 10.2 Å². The van der Waals surface area contributed by atoms with Crippen molar-refractivity contribution < 1.29 is 4.79 Å². The summed E-state index contributed by atoms with van der Waals surface area (Å²) in [6.45, 7) is 9.26. The molecule has 0 aromatic carbocycles. The zero-order valence-electron chi connectivity index (χ0n) is 14.5. The van der Waals surface area contributed by atoms with Crippen LogP contribution < -0.4 is 4.90 Å². The van der Waals surface area contributed by atoms with Crippen LogP contribution >= 0.6 is 11.3 Å². The molecule has 1 aliphatic carbocycles. The first-order chi connectivity index (χ1) is 10.9. The SMILES string of the molecule is CC(C)(C)C(=O)N1CCN(c2nnc(C3CCCCC3)s2)CC1. The van der Waals surface area contributed by atoms with E-state index >= 15 is 0 Å². The topological polar surface area (TPSA) is 49.3 Å². The van der Waals surface area contributed by atoms with Crippen molar-refractivity contribution in [3.8, 4) is 0 Å². The van der Waals surface area contributed by atoms with Gasteiger partial charge in [-0.05, 0) is 12.8 Å². The van der Waals surface area contributed by atoms with E-state index in [1.54, 1.807) is 11.3 Å². The summed E-state index contributed by atoms with van der Waals surface area (Å²) in [6.07, 6.45) is 6.55. The minimum atomic E-state index is -0.293. The summed E-state index contributed by atoms with van der Waals surface area (Å²) >= 11 is 1.76. The molecule has 1 saturated carbocycles. The molecule has 6 heteroatoms. The fourth-order valence-corrected chi connectivity index (χ4v) is 4.51. The van der Waals surface area contributed by atoms with E-state index in [1.165, 1.54) is 37.1 Å². The molecule has 3 rings (SSSR count). The molecule has 0 atom stereocenters. The van der Waals surface area contributed by atoms with Crippen LogP contribution in [-0.4, -0.2) is 47.2 Å². The Balaban J connectivity index is 1.58. The third-order valence-electron chi connectivity index (χ3n) is 4.86. The Bertz CT molecular complexity index is 537. The molecule has 1 aliphatic heterocycles. The fourth-order valence-electron chi connectivity index (χ4n) is 3.44. The molecule has 0 bridgehead atoms. The largest absolute Gasteiger partial charge is 0.343 e. The van der Waals surface area contributed by atoms with Crippen molar-refractivity contribution in [2.45, 2.75) is 58.8 Å². The number of rotatable bonds is 2. The number of piperazine rings is 1. The standard InChI is InChI=1S/C17H28N4OS/c1-17(2,3)15(22)20-9-11-21(12-10-20)16-19-18-14(23-16)13-7-5-4-6-8-13/h13H,4-12H2,1-3H3. The molecule has 1 aromatic heterocycles. The second-order valence-corrected chi connectivity index (χ2v) is 8.77. The monoisotopic (exact) mass is 336 g/mol. The van der Waals surface area contributed by atoms with E-state index in [0.29, 0.717) is 5.92 Å². The first-order valence-electron chi connectivity index (χ1n) is 8.83. The summed E-state index contributed by atoms with van der Waals surface area (Å²) in [5, 5.41) is 11.1. The van der Waals surface area contributed by atoms with Gasteiger partial charge in [0.25, 0.3) is 0 Å². The molecule has 23 heavy (non-hydrogen) atoms. The van der Waals surface area contributed by atoms with Gasteiger partial charge in [0.05, 0.1) is 0 Å². The second-order valence-electron chi connectivity index (χ2n) is 7.79. The Morgan fingerprint density at radius 2 is 1.70 bits per heavy atom. The maximum absolute atomic E-state index is 12.4. The third-order valence-corrected chi connectivity index (χ3v) is 6.01. The van der Waals surface area contributed by atoms with Crippen molar-refractivity contribution in [2.75, 3.05) is 31.1 Å². The van der Waals surface area contributed by atoms with Gasteiger partial charge in [0.2, 0.25) is 11.0 Å². The highest BCUT2D eigenvalue weighted by Gasteiger charge is 2.30. The molecular weight excluding hydrogens is 308 g/mol. The Morgan fingerprint density at radius 1 is 1.04 bits per heavy atom. The van der Waals surface area contributed by atoms with Crippen LogP contribution in [0.4, 0.5) is 5.13 Å². The molecule has 2 aliphatic rings. The molecule has 2 fully saturated rings. The molecule has 2 heterocycles. The predicted octanol–water partition coefficient (Wildman–Crippen LogP) is 3.28. The predicted molar refractivity (Wildman–Crippen MR) is 94.0 cm³/mol. The quantitative estimate of drug-likeness (QED) is 0.831. The summed E-state index contributed by atoms with van der Waals surface area (Å²) in [7, 11) is 0. The smallest absolute Gasteiger partial charge is 0.228 e. The molecule has 0 spiro atoms. The number of carbonyl (C=O) groups is 1. The molecule has 0 unspecified atom stereocenters. The molecular formula is C17H28N4OS. The van der Waals surface area contributed by atoms with E-state index in [9.17, 15) is 4.79 Å². The van der Waals surface area contributed by atoms with Crippen molar-refractivity contribution in [2.24, 2.45) is 5.41 Å². The maximum Gasteiger partial charge on any atom is 0.228 e. The van der Waals surface area contributed by atoms with Crippen LogP contribution in [0.1, 0.15) is 63.8 Å². The van der Waals surface area contributed by atoms with Crippen molar-refractivity contribution in [3.63, 3.8) is 0 Å². The van der Waals surface area contributed by atoms with Gasteiger partial charge in [-0.25, -0.2) is 0 Å². The summed E-state index contributed by atoms with van der Waals surface area (Å²) in [5.74, 6) is 0.871. The lowest BCUT2D eigenvalue weighted by Gasteiger charge is -2.37. The van der Waals surface area contributed by atoms with E-state index in [4.69, 9.17) is 0 Å². The van der Waals surface area contributed by atoms with Crippen LogP contribution in [0.3, 0.4) is 0 Å². The number of aromatic nitrogens is 2. The van der Waals surface area contributed by atoms with Gasteiger partial charge in [-0.3, -0.25) is 4.79 Å². The Kier molecular flexibility index (Phi) is 4.90. The van der Waals surface area contributed by atoms with Crippen LogP contribution in [0.15, 0.2) is 0 Å². The van der Waals surface area contributed by atoms with Gasteiger partial charge >= 0.3 is 0 Å². The van der Waals surface area contributed by atoms with Crippen molar-refractivity contribution in [1.82, 2.24) is 15.1 Å². The average Bonchev–Trinajstić information content (AvgIpc) is 3.04. The first kappa shape index (κ1) is 16.7. The van der Waals surface area contributed by atoms with Gasteiger partial charge in [0.15, 0.2) is 0 Å². The maximum atomic E-state index is 12.4. The number of anilines is 1. The first-order valence-corrected chi connectivity index (χ1v) is 9.64.